The van der Waals surface area contributed by atoms with E-state index in [9.17, 15) is 14.4 Å². The molecule has 0 bridgehead atoms. The van der Waals surface area contributed by atoms with Gasteiger partial charge in [-0.05, 0) is 67.7 Å². The van der Waals surface area contributed by atoms with Gasteiger partial charge in [-0.3, -0.25) is 14.9 Å². The van der Waals surface area contributed by atoms with Crippen LogP contribution in [-0.4, -0.2) is 17.8 Å². The third kappa shape index (κ3) is 4.37. The van der Waals surface area contributed by atoms with Crippen molar-refractivity contribution < 1.29 is 14.4 Å². The fraction of sp³-hybridized carbons (Fsp3) is 0.148. The molecule has 0 radical (unpaired) electrons. The number of rotatable bonds is 4. The second-order valence-corrected chi connectivity index (χ2v) is 8.17. The Morgan fingerprint density at radius 2 is 1.53 bits per heavy atom. The van der Waals surface area contributed by atoms with E-state index in [1.807, 2.05) is 37.3 Å². The highest BCUT2D eigenvalue weighted by Gasteiger charge is 2.36. The standard InChI is InChI=1S/C27H24N2O3/c1-17-7-6-10-23(14-17)29-26(31)24(25(30)28-27(29)32)16-22-9-5-4-8-21(22)15-20-12-18(2)11-19(3)13-20/h4-14,16H,15H2,1-3H3,(H,28,30,32)/b24-16+. The van der Waals surface area contributed by atoms with Crippen molar-refractivity contribution in [3.05, 3.63) is 106 Å². The van der Waals surface area contributed by atoms with Crippen LogP contribution in [0.25, 0.3) is 6.08 Å². The first-order valence-electron chi connectivity index (χ1n) is 10.4. The van der Waals surface area contributed by atoms with Gasteiger partial charge in [-0.15, -0.1) is 0 Å². The molecule has 0 atom stereocenters. The third-order valence-corrected chi connectivity index (χ3v) is 5.39. The van der Waals surface area contributed by atoms with E-state index >= 15 is 0 Å². The number of hydrogen-bond donors (Lipinski definition) is 1. The lowest BCUT2D eigenvalue weighted by molar-refractivity contribution is -0.122. The van der Waals surface area contributed by atoms with Crippen molar-refractivity contribution >= 4 is 29.6 Å². The van der Waals surface area contributed by atoms with E-state index in [0.29, 0.717) is 12.1 Å². The van der Waals surface area contributed by atoms with Crippen LogP contribution in [0.2, 0.25) is 0 Å². The second-order valence-electron chi connectivity index (χ2n) is 8.17. The van der Waals surface area contributed by atoms with Crippen LogP contribution in [0.3, 0.4) is 0 Å². The lowest BCUT2D eigenvalue weighted by atomic mass is 9.95. The van der Waals surface area contributed by atoms with Crippen LogP contribution in [0.5, 0.6) is 0 Å². The summed E-state index contributed by atoms with van der Waals surface area (Å²) in [5.74, 6) is -1.32. The van der Waals surface area contributed by atoms with Crippen molar-refractivity contribution in [3.63, 3.8) is 0 Å². The number of nitrogens with one attached hydrogen (secondary N) is 1. The zero-order valence-electron chi connectivity index (χ0n) is 18.3. The summed E-state index contributed by atoms with van der Waals surface area (Å²) in [5, 5.41) is 2.29. The zero-order valence-corrected chi connectivity index (χ0v) is 18.3. The summed E-state index contributed by atoms with van der Waals surface area (Å²) in [6.07, 6.45) is 2.24. The van der Waals surface area contributed by atoms with Gasteiger partial charge in [0.1, 0.15) is 5.57 Å². The molecular formula is C27H24N2O3. The van der Waals surface area contributed by atoms with Gasteiger partial charge in [0.05, 0.1) is 5.69 Å². The van der Waals surface area contributed by atoms with Gasteiger partial charge >= 0.3 is 6.03 Å². The zero-order chi connectivity index (χ0) is 22.8. The molecule has 4 rings (SSSR count). The molecule has 32 heavy (non-hydrogen) atoms. The number of anilines is 1. The van der Waals surface area contributed by atoms with Crippen molar-refractivity contribution in [3.8, 4) is 0 Å². The fourth-order valence-electron chi connectivity index (χ4n) is 4.04. The highest BCUT2D eigenvalue weighted by Crippen LogP contribution is 2.24. The van der Waals surface area contributed by atoms with E-state index in [4.69, 9.17) is 0 Å². The fourth-order valence-corrected chi connectivity index (χ4v) is 4.04. The molecule has 5 nitrogen and oxygen atoms in total. The molecule has 160 valence electrons. The van der Waals surface area contributed by atoms with Gasteiger partial charge in [-0.25, -0.2) is 9.69 Å². The minimum Gasteiger partial charge on any atom is -0.273 e. The van der Waals surface area contributed by atoms with Crippen LogP contribution in [0.1, 0.15) is 33.4 Å². The largest absolute Gasteiger partial charge is 0.335 e. The van der Waals surface area contributed by atoms with E-state index in [1.54, 1.807) is 24.3 Å². The number of carbonyl (C=O) groups excluding carboxylic acids is 3. The highest BCUT2D eigenvalue weighted by molar-refractivity contribution is 6.39. The minimum absolute atomic E-state index is 0.0704. The molecule has 0 aromatic heterocycles. The molecule has 0 aliphatic carbocycles. The maximum absolute atomic E-state index is 13.2. The Bertz CT molecular complexity index is 1250. The van der Waals surface area contributed by atoms with Crippen LogP contribution in [-0.2, 0) is 16.0 Å². The van der Waals surface area contributed by atoms with Crippen LogP contribution < -0.4 is 10.2 Å². The van der Waals surface area contributed by atoms with Crippen LogP contribution in [0, 0.1) is 20.8 Å². The summed E-state index contributed by atoms with van der Waals surface area (Å²) in [4.78, 5) is 39.2. The van der Waals surface area contributed by atoms with Crippen molar-refractivity contribution in [2.45, 2.75) is 27.2 Å². The first kappa shape index (κ1) is 21.2. The Morgan fingerprint density at radius 3 is 2.25 bits per heavy atom. The van der Waals surface area contributed by atoms with Crippen molar-refractivity contribution in [2.24, 2.45) is 0 Å². The van der Waals surface area contributed by atoms with Crippen molar-refractivity contribution in [2.75, 3.05) is 4.90 Å². The molecule has 1 N–H and O–H groups in total. The van der Waals surface area contributed by atoms with Crippen LogP contribution >= 0.6 is 0 Å². The maximum Gasteiger partial charge on any atom is 0.335 e. The average Bonchev–Trinajstić information content (AvgIpc) is 2.71. The molecule has 5 heteroatoms. The lowest BCUT2D eigenvalue weighted by Crippen LogP contribution is -2.54. The molecular weight excluding hydrogens is 400 g/mol. The Morgan fingerprint density at radius 1 is 0.812 bits per heavy atom. The number of barbiturate groups is 1. The molecule has 0 saturated carbocycles. The monoisotopic (exact) mass is 424 g/mol. The topological polar surface area (TPSA) is 66.5 Å². The van der Waals surface area contributed by atoms with Gasteiger partial charge in [0.2, 0.25) is 0 Å². The third-order valence-electron chi connectivity index (χ3n) is 5.39. The molecule has 0 unspecified atom stereocenters. The number of aryl methyl sites for hydroxylation is 3. The molecule has 1 fully saturated rings. The molecule has 3 aromatic carbocycles. The first-order chi connectivity index (χ1) is 15.3. The van der Waals surface area contributed by atoms with Gasteiger partial charge in [0, 0.05) is 0 Å². The summed E-state index contributed by atoms with van der Waals surface area (Å²) >= 11 is 0. The minimum atomic E-state index is -0.744. The van der Waals surface area contributed by atoms with E-state index in [1.165, 1.54) is 11.1 Å². The Labute approximate surface area is 187 Å². The van der Waals surface area contributed by atoms with E-state index in [2.05, 4.69) is 37.4 Å². The quantitative estimate of drug-likeness (QED) is 0.480. The highest BCUT2D eigenvalue weighted by atomic mass is 16.2. The van der Waals surface area contributed by atoms with Gasteiger partial charge < -0.3 is 0 Å². The normalized spacial score (nSPS) is 15.3. The molecule has 3 aromatic rings. The summed E-state index contributed by atoms with van der Waals surface area (Å²) in [5.41, 5.74) is 6.55. The van der Waals surface area contributed by atoms with Gasteiger partial charge in [-0.2, -0.15) is 0 Å². The van der Waals surface area contributed by atoms with E-state index in [-0.39, 0.29) is 5.57 Å². The average molecular weight is 425 g/mol. The summed E-state index contributed by atoms with van der Waals surface area (Å²) in [6.45, 7) is 6.00. The predicted molar refractivity (Wildman–Crippen MR) is 125 cm³/mol. The Hall–Kier alpha value is -3.99. The molecule has 4 amide bonds. The van der Waals surface area contributed by atoms with Gasteiger partial charge in [0.15, 0.2) is 0 Å². The Balaban J connectivity index is 1.72. The molecule has 1 saturated heterocycles. The first-order valence-corrected chi connectivity index (χ1v) is 10.4. The van der Waals surface area contributed by atoms with Gasteiger partial charge in [-0.1, -0.05) is 65.7 Å². The van der Waals surface area contributed by atoms with Crippen LogP contribution in [0.4, 0.5) is 10.5 Å². The number of hydrogen-bond acceptors (Lipinski definition) is 3. The maximum atomic E-state index is 13.2. The summed E-state index contributed by atoms with van der Waals surface area (Å²) in [6, 6.07) is 20.4. The smallest absolute Gasteiger partial charge is 0.273 e. The number of carbonyl (C=O) groups is 3. The summed E-state index contributed by atoms with van der Waals surface area (Å²) in [7, 11) is 0. The molecule has 0 spiro atoms. The number of urea groups is 1. The molecule has 1 aliphatic rings. The number of nitrogens with zero attached hydrogens (tertiary/aromatic N) is 1. The van der Waals surface area contributed by atoms with E-state index in [0.717, 1.165) is 27.2 Å². The number of amides is 4. The van der Waals surface area contributed by atoms with Crippen molar-refractivity contribution in [1.29, 1.82) is 0 Å². The summed E-state index contributed by atoms with van der Waals surface area (Å²) < 4.78 is 0. The number of imide groups is 2. The number of benzene rings is 3. The molecule has 1 heterocycles. The van der Waals surface area contributed by atoms with Gasteiger partial charge in [0.25, 0.3) is 11.8 Å². The predicted octanol–water partition coefficient (Wildman–Crippen LogP) is 4.87. The van der Waals surface area contributed by atoms with Crippen molar-refractivity contribution in [1.82, 2.24) is 5.32 Å². The van der Waals surface area contributed by atoms with Crippen LogP contribution in [0.15, 0.2) is 72.3 Å². The SMILES string of the molecule is Cc1cc(C)cc(Cc2ccccc2/C=C2\C(=O)NC(=O)N(c3cccc(C)c3)C2=O)c1. The molecule has 1 aliphatic heterocycles. The van der Waals surface area contributed by atoms with E-state index < -0.39 is 17.8 Å². The lowest BCUT2D eigenvalue weighted by Gasteiger charge is -2.26. The second kappa shape index (κ2) is 8.63. The Kier molecular flexibility index (Phi) is 5.73.